The summed E-state index contributed by atoms with van der Waals surface area (Å²) in [4.78, 5) is 3.59. The van der Waals surface area contributed by atoms with Gasteiger partial charge in [0.1, 0.15) is 33.6 Å². The van der Waals surface area contributed by atoms with E-state index < -0.39 is 0 Å². The summed E-state index contributed by atoms with van der Waals surface area (Å²) < 4.78 is 13.7. The Morgan fingerprint density at radius 3 is 1.13 bits per heavy atom. The van der Waals surface area contributed by atoms with Crippen LogP contribution in [0.5, 0.6) is 11.5 Å². The SMILES string of the molecule is C.CC(C)COc1ccc(-c2ccc(-c3ccc(OCC(C)C)cc3)c3nn(CC(C)C)nc23)cc1.CC(C)Cn1nc2c(Br)ccc(Br)c2n1.[H-].[K+]. The zero-order valence-corrected chi connectivity index (χ0v) is 37.6. The molecule has 4 aromatic carbocycles. The van der Waals surface area contributed by atoms with E-state index in [1.54, 1.807) is 4.80 Å². The normalized spacial score (nSPS) is 11.2. The largest absolute Gasteiger partial charge is 1.00 e. The minimum Gasteiger partial charge on any atom is -1.00 e. The van der Waals surface area contributed by atoms with Gasteiger partial charge in [0.2, 0.25) is 0 Å². The second kappa shape index (κ2) is 20.5. The van der Waals surface area contributed by atoms with Crippen molar-refractivity contribution < 1.29 is 62.3 Å². The summed E-state index contributed by atoms with van der Waals surface area (Å²) in [5.74, 6) is 3.77. The van der Waals surface area contributed by atoms with Crippen molar-refractivity contribution in [3.63, 3.8) is 0 Å². The topological polar surface area (TPSA) is 79.9 Å². The molecule has 0 unspecified atom stereocenters. The monoisotopic (exact) mass is 858 g/mol. The molecule has 2 heterocycles. The molecule has 0 N–H and O–H groups in total. The van der Waals surface area contributed by atoms with Crippen molar-refractivity contribution in [1.82, 2.24) is 30.0 Å². The fourth-order valence-corrected chi connectivity index (χ4v) is 6.08. The van der Waals surface area contributed by atoms with Crippen LogP contribution >= 0.6 is 31.9 Å². The van der Waals surface area contributed by atoms with Gasteiger partial charge in [-0.15, -0.1) is 0 Å². The molecule has 52 heavy (non-hydrogen) atoms. The van der Waals surface area contributed by atoms with E-state index in [1.165, 1.54) is 0 Å². The number of hydrogen-bond donors (Lipinski definition) is 0. The fraction of sp³-hybridized carbons (Fsp3) is 0.415. The number of halogens is 2. The second-order valence-corrected chi connectivity index (χ2v) is 16.0. The van der Waals surface area contributed by atoms with E-state index in [9.17, 15) is 0 Å². The number of nitrogens with zero attached hydrogens (tertiary/aromatic N) is 6. The maximum atomic E-state index is 5.87. The van der Waals surface area contributed by atoms with Gasteiger partial charge >= 0.3 is 51.4 Å². The summed E-state index contributed by atoms with van der Waals surface area (Å²) in [5, 5.41) is 18.7. The molecule has 0 radical (unpaired) electrons. The Balaban J connectivity index is 0.000000456. The number of aromatic nitrogens is 6. The van der Waals surface area contributed by atoms with Crippen LogP contribution in [-0.4, -0.2) is 43.2 Å². The molecule has 0 amide bonds. The minimum atomic E-state index is 0. The molecule has 6 rings (SSSR count). The van der Waals surface area contributed by atoms with Crippen molar-refractivity contribution >= 4 is 53.9 Å². The Bertz CT molecular complexity index is 1880. The predicted molar refractivity (Wildman–Crippen MR) is 220 cm³/mol. The number of fused-ring (bicyclic) bond motifs is 2. The van der Waals surface area contributed by atoms with Gasteiger partial charge in [0.25, 0.3) is 0 Å². The van der Waals surface area contributed by atoms with Gasteiger partial charge in [0.15, 0.2) is 0 Å². The van der Waals surface area contributed by atoms with Crippen LogP contribution in [0.1, 0.15) is 64.2 Å². The summed E-state index contributed by atoms with van der Waals surface area (Å²) in [7, 11) is 0. The first-order chi connectivity index (χ1) is 23.9. The molecule has 0 bridgehead atoms. The Hall–Kier alpha value is -2.12. The molecule has 0 saturated carbocycles. The van der Waals surface area contributed by atoms with Crippen LogP contribution in [0.4, 0.5) is 0 Å². The molecule has 0 spiro atoms. The minimum absolute atomic E-state index is 0. The second-order valence-electron chi connectivity index (χ2n) is 14.3. The smallest absolute Gasteiger partial charge is 1.00 e. The van der Waals surface area contributed by atoms with Gasteiger partial charge in [0, 0.05) is 20.1 Å². The van der Waals surface area contributed by atoms with Crippen LogP contribution in [0.3, 0.4) is 0 Å². The Morgan fingerprint density at radius 2 is 0.827 bits per heavy atom. The molecule has 0 aliphatic rings. The number of ether oxygens (including phenoxy) is 2. The van der Waals surface area contributed by atoms with Gasteiger partial charge in [-0.1, -0.05) is 99.2 Å². The predicted octanol–water partition coefficient (Wildman–Crippen LogP) is 8.86. The quantitative estimate of drug-likeness (QED) is 0.115. The molecule has 0 aliphatic carbocycles. The van der Waals surface area contributed by atoms with E-state index >= 15 is 0 Å². The van der Waals surface area contributed by atoms with Gasteiger partial charge in [-0.2, -0.15) is 30.0 Å². The van der Waals surface area contributed by atoms with Gasteiger partial charge in [-0.3, -0.25) is 0 Å². The Labute approximate surface area is 370 Å². The first kappa shape index (κ1) is 44.3. The summed E-state index contributed by atoms with van der Waals surface area (Å²) in [6, 6.07) is 24.8. The molecule has 274 valence electrons. The van der Waals surface area contributed by atoms with E-state index in [1.807, 2.05) is 41.2 Å². The van der Waals surface area contributed by atoms with E-state index in [4.69, 9.17) is 19.7 Å². The molecule has 0 fully saturated rings. The van der Waals surface area contributed by atoms with Crippen LogP contribution in [0.25, 0.3) is 44.3 Å². The Kier molecular flexibility index (Phi) is 17.5. The Morgan fingerprint density at radius 1 is 0.500 bits per heavy atom. The van der Waals surface area contributed by atoms with Gasteiger partial charge < -0.3 is 10.9 Å². The molecule has 6 aromatic rings. The molecule has 0 saturated heterocycles. The maximum absolute atomic E-state index is 5.87. The zero-order chi connectivity index (χ0) is 35.9. The van der Waals surface area contributed by atoms with Crippen LogP contribution in [-0.2, 0) is 13.1 Å². The van der Waals surface area contributed by atoms with Crippen molar-refractivity contribution in [2.75, 3.05) is 13.2 Å². The van der Waals surface area contributed by atoms with Crippen LogP contribution < -0.4 is 60.9 Å². The van der Waals surface area contributed by atoms with E-state index in [0.717, 1.165) is 77.9 Å². The third kappa shape index (κ3) is 11.9. The third-order valence-corrected chi connectivity index (χ3v) is 8.90. The van der Waals surface area contributed by atoms with Crippen LogP contribution in [0.2, 0.25) is 0 Å². The molecular formula is C41H53Br2KN6O2. The van der Waals surface area contributed by atoms with E-state index in [2.05, 4.69) is 134 Å². The average molecular weight is 861 g/mol. The van der Waals surface area contributed by atoms with Crippen molar-refractivity contribution in [3.05, 3.63) is 81.7 Å². The molecule has 0 aliphatic heterocycles. The van der Waals surface area contributed by atoms with Crippen LogP contribution in [0, 0.1) is 23.7 Å². The molecule has 0 atom stereocenters. The zero-order valence-electron chi connectivity index (χ0n) is 32.3. The first-order valence-corrected chi connectivity index (χ1v) is 19.0. The van der Waals surface area contributed by atoms with Crippen molar-refractivity contribution in [2.45, 2.75) is 75.9 Å². The van der Waals surface area contributed by atoms with Crippen molar-refractivity contribution in [3.8, 4) is 33.8 Å². The molecule has 8 nitrogen and oxygen atoms in total. The van der Waals surface area contributed by atoms with Gasteiger partial charge in [-0.25, -0.2) is 0 Å². The molecule has 11 heteroatoms. The van der Waals surface area contributed by atoms with E-state index in [-0.39, 0.29) is 60.2 Å². The fourth-order valence-electron chi connectivity index (χ4n) is 5.28. The van der Waals surface area contributed by atoms with Crippen molar-refractivity contribution in [2.24, 2.45) is 23.7 Å². The van der Waals surface area contributed by atoms with Crippen LogP contribution in [0.15, 0.2) is 81.7 Å². The summed E-state index contributed by atoms with van der Waals surface area (Å²) in [5.41, 5.74) is 8.00. The summed E-state index contributed by atoms with van der Waals surface area (Å²) >= 11 is 6.95. The van der Waals surface area contributed by atoms with Gasteiger partial charge in [-0.05, 0) is 103 Å². The molecular weight excluding hydrogens is 807 g/mol. The maximum Gasteiger partial charge on any atom is 1.00 e. The standard InChI is InChI=1S/C30H37N3O2.C10H11Br2N3.CH4.K.H/c1-20(2)17-33-31-29-27(23-7-11-25(12-8-23)34-18-21(3)4)15-16-28(30(29)32-33)24-9-13-26(14-10-24)35-19-22(5)6;1-6(2)5-15-13-9-7(11)3-4-8(12)10(9)14-15;;;/h7-16,20-22H,17-19H2,1-6H3;3-4,6H,5H2,1-2H3;1H4;;/q;;;+1;-1. The average Bonchev–Trinajstić information content (AvgIpc) is 3.69. The number of benzene rings is 4. The summed E-state index contributed by atoms with van der Waals surface area (Å²) in [6.45, 7) is 20.3. The number of hydrogen-bond acceptors (Lipinski definition) is 6. The third-order valence-electron chi connectivity index (χ3n) is 7.62. The van der Waals surface area contributed by atoms with Gasteiger partial charge in [0.05, 0.1) is 26.3 Å². The molecule has 2 aromatic heterocycles. The van der Waals surface area contributed by atoms with E-state index in [0.29, 0.717) is 36.9 Å². The number of rotatable bonds is 12. The van der Waals surface area contributed by atoms with Crippen molar-refractivity contribution in [1.29, 1.82) is 0 Å². The summed E-state index contributed by atoms with van der Waals surface area (Å²) in [6.07, 6.45) is 0. The first-order valence-electron chi connectivity index (χ1n) is 17.4.